The summed E-state index contributed by atoms with van der Waals surface area (Å²) in [5, 5.41) is 4.09. The molecule has 2 aromatic rings. The lowest BCUT2D eigenvalue weighted by Crippen LogP contribution is -2.10. The van der Waals surface area contributed by atoms with E-state index in [0.29, 0.717) is 12.5 Å². The number of benzene rings is 1. The molecule has 0 bridgehead atoms. The van der Waals surface area contributed by atoms with Crippen molar-refractivity contribution in [2.24, 2.45) is 0 Å². The maximum atomic E-state index is 13.4. The molecular formula is C15H15FN2O2. The minimum Gasteiger partial charge on any atom is -0.381 e. The van der Waals surface area contributed by atoms with Gasteiger partial charge in [0.2, 0.25) is 5.89 Å². The van der Waals surface area contributed by atoms with Gasteiger partial charge in [-0.3, -0.25) is 0 Å². The Morgan fingerprint density at radius 3 is 2.90 bits per heavy atom. The molecule has 4 rings (SSSR count). The third-order valence-corrected chi connectivity index (χ3v) is 4.27. The van der Waals surface area contributed by atoms with E-state index < -0.39 is 0 Å². The van der Waals surface area contributed by atoms with Gasteiger partial charge in [0.15, 0.2) is 5.82 Å². The summed E-state index contributed by atoms with van der Waals surface area (Å²) in [6.07, 6.45) is 2.80. The minimum absolute atomic E-state index is 0.224. The average molecular weight is 274 g/mol. The van der Waals surface area contributed by atoms with Gasteiger partial charge in [0.05, 0.1) is 12.0 Å². The highest BCUT2D eigenvalue weighted by Gasteiger charge is 2.51. The van der Waals surface area contributed by atoms with E-state index in [2.05, 4.69) is 10.1 Å². The molecule has 104 valence electrons. The van der Waals surface area contributed by atoms with E-state index in [9.17, 15) is 4.39 Å². The Labute approximate surface area is 115 Å². The van der Waals surface area contributed by atoms with Crippen molar-refractivity contribution < 1.29 is 13.7 Å². The van der Waals surface area contributed by atoms with E-state index in [0.717, 1.165) is 37.3 Å². The van der Waals surface area contributed by atoms with Crippen LogP contribution in [0, 0.1) is 5.82 Å². The monoisotopic (exact) mass is 274 g/mol. The van der Waals surface area contributed by atoms with Crippen molar-refractivity contribution in [2.75, 3.05) is 13.2 Å². The van der Waals surface area contributed by atoms with Gasteiger partial charge in [-0.25, -0.2) is 4.39 Å². The van der Waals surface area contributed by atoms with Crippen LogP contribution in [0.25, 0.3) is 0 Å². The summed E-state index contributed by atoms with van der Waals surface area (Å²) in [4.78, 5) is 4.55. The maximum Gasteiger partial charge on any atom is 0.237 e. The van der Waals surface area contributed by atoms with Crippen molar-refractivity contribution in [1.82, 2.24) is 10.1 Å². The molecule has 4 nitrogen and oxygen atoms in total. The zero-order chi connectivity index (χ0) is 13.6. The number of hydrogen-bond donors (Lipinski definition) is 0. The lowest BCUT2D eigenvalue weighted by Gasteiger charge is -2.10. The number of hydrogen-bond acceptors (Lipinski definition) is 4. The second-order valence-corrected chi connectivity index (χ2v) is 5.61. The van der Waals surface area contributed by atoms with Crippen LogP contribution in [0.15, 0.2) is 28.8 Å². The molecule has 1 aliphatic heterocycles. The molecule has 20 heavy (non-hydrogen) atoms. The van der Waals surface area contributed by atoms with Crippen LogP contribution < -0.4 is 0 Å². The van der Waals surface area contributed by atoms with Crippen LogP contribution in [-0.2, 0) is 10.2 Å². The molecule has 2 heterocycles. The molecule has 0 amide bonds. The molecule has 1 atom stereocenters. The summed E-state index contributed by atoms with van der Waals surface area (Å²) in [5.74, 6) is 1.35. The predicted molar refractivity (Wildman–Crippen MR) is 68.9 cm³/mol. The summed E-state index contributed by atoms with van der Waals surface area (Å²) in [7, 11) is 0. The number of ether oxygens (including phenoxy) is 1. The topological polar surface area (TPSA) is 48.2 Å². The van der Waals surface area contributed by atoms with Gasteiger partial charge >= 0.3 is 0 Å². The number of halogens is 1. The van der Waals surface area contributed by atoms with E-state index in [4.69, 9.17) is 9.26 Å². The first kappa shape index (κ1) is 12.0. The lowest BCUT2D eigenvalue weighted by atomic mass is 9.96. The molecule has 1 aromatic carbocycles. The van der Waals surface area contributed by atoms with E-state index in [-0.39, 0.29) is 17.2 Å². The second-order valence-electron chi connectivity index (χ2n) is 5.61. The standard InChI is InChI=1S/C15H15FN2O2/c16-12-3-1-2-11(8-12)15(5-6-15)14-17-13(18-20-14)10-4-7-19-9-10/h1-3,8,10H,4-7,9H2. The maximum absolute atomic E-state index is 13.4. The smallest absolute Gasteiger partial charge is 0.237 e. The molecular weight excluding hydrogens is 259 g/mol. The van der Waals surface area contributed by atoms with Crippen LogP contribution in [-0.4, -0.2) is 23.4 Å². The lowest BCUT2D eigenvalue weighted by molar-refractivity contribution is 0.192. The normalized spacial score (nSPS) is 23.9. The Balaban J connectivity index is 1.66. The molecule has 0 radical (unpaired) electrons. The Kier molecular flexibility index (Phi) is 2.63. The average Bonchev–Trinajstić information content (AvgIpc) is 2.91. The quantitative estimate of drug-likeness (QED) is 0.863. The fourth-order valence-corrected chi connectivity index (χ4v) is 2.87. The largest absolute Gasteiger partial charge is 0.381 e. The van der Waals surface area contributed by atoms with Gasteiger partial charge in [0.25, 0.3) is 0 Å². The third-order valence-electron chi connectivity index (χ3n) is 4.27. The third kappa shape index (κ3) is 1.85. The van der Waals surface area contributed by atoms with Gasteiger partial charge in [-0.15, -0.1) is 0 Å². The fourth-order valence-electron chi connectivity index (χ4n) is 2.87. The summed E-state index contributed by atoms with van der Waals surface area (Å²) < 4.78 is 24.2. The summed E-state index contributed by atoms with van der Waals surface area (Å²) in [5.41, 5.74) is 0.655. The molecule has 1 unspecified atom stereocenters. The minimum atomic E-state index is -0.271. The highest BCUT2D eigenvalue weighted by Crippen LogP contribution is 2.53. The van der Waals surface area contributed by atoms with Gasteiger partial charge in [-0.1, -0.05) is 17.3 Å². The highest BCUT2D eigenvalue weighted by molar-refractivity contribution is 5.38. The van der Waals surface area contributed by atoms with Crippen LogP contribution in [0.5, 0.6) is 0 Å². The molecule has 2 fully saturated rings. The highest BCUT2D eigenvalue weighted by atomic mass is 19.1. The summed E-state index contributed by atoms with van der Waals surface area (Å²) >= 11 is 0. The SMILES string of the molecule is Fc1cccc(C2(c3nc(C4CCOC4)no3)CC2)c1. The van der Waals surface area contributed by atoms with Gasteiger partial charge in [0.1, 0.15) is 5.82 Å². The molecule has 5 heteroatoms. The van der Waals surface area contributed by atoms with Crippen molar-refractivity contribution in [1.29, 1.82) is 0 Å². The first-order valence-electron chi connectivity index (χ1n) is 6.96. The van der Waals surface area contributed by atoms with Crippen molar-refractivity contribution in [3.63, 3.8) is 0 Å². The van der Waals surface area contributed by atoms with Crippen LogP contribution in [0.3, 0.4) is 0 Å². The van der Waals surface area contributed by atoms with Crippen molar-refractivity contribution >= 4 is 0 Å². The Morgan fingerprint density at radius 1 is 1.30 bits per heavy atom. The van der Waals surface area contributed by atoms with Gasteiger partial charge in [-0.2, -0.15) is 4.98 Å². The number of nitrogens with zero attached hydrogens (tertiary/aromatic N) is 2. The van der Waals surface area contributed by atoms with Crippen molar-refractivity contribution in [3.05, 3.63) is 47.4 Å². The Hall–Kier alpha value is -1.75. The Bertz CT molecular complexity index is 630. The van der Waals surface area contributed by atoms with Crippen molar-refractivity contribution in [3.8, 4) is 0 Å². The van der Waals surface area contributed by atoms with Crippen LogP contribution in [0.1, 0.15) is 42.5 Å². The zero-order valence-corrected chi connectivity index (χ0v) is 11.0. The molecule has 1 saturated heterocycles. The molecule has 1 saturated carbocycles. The Morgan fingerprint density at radius 2 is 2.20 bits per heavy atom. The van der Waals surface area contributed by atoms with Gasteiger partial charge < -0.3 is 9.26 Å². The second kappa shape index (κ2) is 4.38. The zero-order valence-electron chi connectivity index (χ0n) is 11.0. The molecule has 1 aliphatic carbocycles. The van der Waals surface area contributed by atoms with Crippen LogP contribution in [0.2, 0.25) is 0 Å². The summed E-state index contributed by atoms with van der Waals surface area (Å²) in [6.45, 7) is 1.41. The first-order chi connectivity index (χ1) is 9.78. The van der Waals surface area contributed by atoms with E-state index >= 15 is 0 Å². The molecule has 1 aromatic heterocycles. The molecule has 0 N–H and O–H groups in total. The van der Waals surface area contributed by atoms with E-state index in [1.54, 1.807) is 12.1 Å². The van der Waals surface area contributed by atoms with Crippen molar-refractivity contribution in [2.45, 2.75) is 30.6 Å². The first-order valence-corrected chi connectivity index (χ1v) is 6.96. The molecule has 0 spiro atoms. The van der Waals surface area contributed by atoms with Gasteiger partial charge in [0, 0.05) is 12.5 Å². The number of aromatic nitrogens is 2. The predicted octanol–water partition coefficient (Wildman–Crippen LogP) is 2.79. The van der Waals surface area contributed by atoms with E-state index in [1.807, 2.05) is 6.07 Å². The van der Waals surface area contributed by atoms with Crippen LogP contribution >= 0.6 is 0 Å². The summed E-state index contributed by atoms with van der Waals surface area (Å²) in [6, 6.07) is 6.68. The number of rotatable bonds is 3. The fraction of sp³-hybridized carbons (Fsp3) is 0.467. The van der Waals surface area contributed by atoms with Crippen LogP contribution in [0.4, 0.5) is 4.39 Å². The van der Waals surface area contributed by atoms with Gasteiger partial charge in [-0.05, 0) is 37.0 Å². The van der Waals surface area contributed by atoms with E-state index in [1.165, 1.54) is 6.07 Å². The molecule has 2 aliphatic rings.